The highest BCUT2D eigenvalue weighted by Gasteiger charge is 2.10. The van der Waals surface area contributed by atoms with E-state index in [1.54, 1.807) is 17.4 Å². The molecule has 1 aromatic carbocycles. The first kappa shape index (κ1) is 11.3. The van der Waals surface area contributed by atoms with Crippen molar-refractivity contribution in [2.45, 2.75) is 9.10 Å². The summed E-state index contributed by atoms with van der Waals surface area (Å²) < 4.78 is 19.7. The molecule has 0 amide bonds. The molecule has 0 aliphatic carbocycles. The van der Waals surface area contributed by atoms with Gasteiger partial charge in [-0.3, -0.25) is 0 Å². The Labute approximate surface area is 101 Å². The van der Waals surface area contributed by atoms with Crippen LogP contribution >= 0.6 is 23.1 Å². The first-order chi connectivity index (χ1) is 7.70. The molecule has 0 fully saturated rings. The molecule has 2 N–H and O–H groups in total. The second-order valence-electron chi connectivity index (χ2n) is 3.06. The number of thiophene rings is 1. The monoisotopic (exact) mass is 255 g/mol. The number of hydrogen-bond donors (Lipinski definition) is 1. The molecule has 0 saturated heterocycles. The van der Waals surface area contributed by atoms with Crippen LogP contribution in [-0.4, -0.2) is 7.11 Å². The molecule has 1 heterocycles. The van der Waals surface area contributed by atoms with Crippen molar-refractivity contribution in [3.8, 4) is 5.75 Å². The lowest BCUT2D eigenvalue weighted by Crippen LogP contribution is -1.94. The number of methoxy groups -OCH3 is 1. The minimum absolute atomic E-state index is 0.315. The van der Waals surface area contributed by atoms with Crippen LogP contribution in [0.15, 0.2) is 38.8 Å². The third-order valence-electron chi connectivity index (χ3n) is 1.99. The number of hydrogen-bond acceptors (Lipinski definition) is 4. The third-order valence-corrected chi connectivity index (χ3v) is 4.06. The average Bonchev–Trinajstić information content (AvgIpc) is 2.75. The fourth-order valence-electron chi connectivity index (χ4n) is 1.24. The molecule has 2 rings (SSSR count). The molecule has 0 radical (unpaired) electrons. The zero-order chi connectivity index (χ0) is 11.5. The van der Waals surface area contributed by atoms with Crippen molar-refractivity contribution in [2.75, 3.05) is 12.8 Å². The summed E-state index contributed by atoms with van der Waals surface area (Å²) in [6.45, 7) is 0. The minimum atomic E-state index is -0.322. The number of anilines is 1. The van der Waals surface area contributed by atoms with Crippen molar-refractivity contribution >= 4 is 28.8 Å². The van der Waals surface area contributed by atoms with Gasteiger partial charge in [-0.25, -0.2) is 4.39 Å². The van der Waals surface area contributed by atoms with Crippen LogP contribution < -0.4 is 10.5 Å². The van der Waals surface area contributed by atoms with E-state index in [0.29, 0.717) is 16.3 Å². The summed E-state index contributed by atoms with van der Waals surface area (Å²) in [6, 6.07) is 6.78. The zero-order valence-corrected chi connectivity index (χ0v) is 10.2. The Bertz CT molecular complexity index is 485. The van der Waals surface area contributed by atoms with E-state index in [4.69, 9.17) is 10.5 Å². The van der Waals surface area contributed by atoms with Crippen LogP contribution in [0.5, 0.6) is 5.75 Å². The van der Waals surface area contributed by atoms with E-state index in [1.807, 2.05) is 17.5 Å². The molecule has 0 bridgehead atoms. The van der Waals surface area contributed by atoms with E-state index in [1.165, 1.54) is 24.9 Å². The molecule has 0 unspecified atom stereocenters. The molecule has 16 heavy (non-hydrogen) atoms. The lowest BCUT2D eigenvalue weighted by Gasteiger charge is -2.07. The lowest BCUT2D eigenvalue weighted by atomic mass is 10.3. The summed E-state index contributed by atoms with van der Waals surface area (Å²) in [5.74, 6) is 0.178. The number of rotatable bonds is 3. The topological polar surface area (TPSA) is 35.2 Å². The first-order valence-electron chi connectivity index (χ1n) is 4.55. The highest BCUT2D eigenvalue weighted by molar-refractivity contribution is 8.01. The normalized spacial score (nSPS) is 10.4. The molecule has 1 aromatic heterocycles. The lowest BCUT2D eigenvalue weighted by molar-refractivity contribution is 0.414. The van der Waals surface area contributed by atoms with Gasteiger partial charge in [0.2, 0.25) is 0 Å². The summed E-state index contributed by atoms with van der Waals surface area (Å²) in [5.41, 5.74) is 5.92. The van der Waals surface area contributed by atoms with E-state index in [0.717, 1.165) is 4.21 Å². The molecular weight excluding hydrogens is 245 g/mol. The predicted octanol–water partition coefficient (Wildman–Crippen LogP) is 3.63. The molecule has 0 aliphatic heterocycles. The van der Waals surface area contributed by atoms with Crippen LogP contribution in [0.2, 0.25) is 0 Å². The maximum atomic E-state index is 13.6. The van der Waals surface area contributed by atoms with Crippen molar-refractivity contribution in [2.24, 2.45) is 0 Å². The Morgan fingerprint density at radius 3 is 2.88 bits per heavy atom. The SMILES string of the molecule is COc1cc(Sc2cccs2)c(F)cc1N. The number of ether oxygens (including phenoxy) is 1. The van der Waals surface area contributed by atoms with Crippen LogP contribution in [0.1, 0.15) is 0 Å². The quantitative estimate of drug-likeness (QED) is 0.851. The maximum absolute atomic E-state index is 13.6. The van der Waals surface area contributed by atoms with Crippen molar-refractivity contribution in [1.82, 2.24) is 0 Å². The van der Waals surface area contributed by atoms with Crippen LogP contribution in [0.3, 0.4) is 0 Å². The van der Waals surface area contributed by atoms with E-state index in [9.17, 15) is 4.39 Å². The van der Waals surface area contributed by atoms with Gasteiger partial charge in [-0.2, -0.15) is 0 Å². The standard InChI is InChI=1S/C11H10FNOS2/c1-14-9-6-10(7(12)5-8(9)13)16-11-3-2-4-15-11/h2-6H,13H2,1H3. The summed E-state index contributed by atoms with van der Waals surface area (Å²) >= 11 is 2.94. The maximum Gasteiger partial charge on any atom is 0.143 e. The van der Waals surface area contributed by atoms with E-state index in [2.05, 4.69) is 0 Å². The van der Waals surface area contributed by atoms with E-state index in [-0.39, 0.29) is 5.82 Å². The Balaban J connectivity index is 2.33. The largest absolute Gasteiger partial charge is 0.495 e. The summed E-state index contributed by atoms with van der Waals surface area (Å²) in [7, 11) is 1.52. The molecule has 2 aromatic rings. The van der Waals surface area contributed by atoms with Gasteiger partial charge < -0.3 is 10.5 Å². The fourth-order valence-corrected chi connectivity index (χ4v) is 3.00. The average molecular weight is 255 g/mol. The highest BCUT2D eigenvalue weighted by Crippen LogP contribution is 2.37. The van der Waals surface area contributed by atoms with E-state index >= 15 is 0 Å². The highest BCUT2D eigenvalue weighted by atomic mass is 32.2. The van der Waals surface area contributed by atoms with Gasteiger partial charge in [0.05, 0.1) is 21.9 Å². The van der Waals surface area contributed by atoms with Gasteiger partial charge in [0.25, 0.3) is 0 Å². The number of nitrogen functional groups attached to an aromatic ring is 1. The van der Waals surface area contributed by atoms with Gasteiger partial charge >= 0.3 is 0 Å². The second kappa shape index (κ2) is 4.76. The third kappa shape index (κ3) is 2.31. The van der Waals surface area contributed by atoms with Gasteiger partial charge in [-0.15, -0.1) is 11.3 Å². The smallest absolute Gasteiger partial charge is 0.143 e. The number of benzene rings is 1. The number of nitrogens with two attached hydrogens (primary N) is 1. The first-order valence-corrected chi connectivity index (χ1v) is 6.24. The van der Waals surface area contributed by atoms with Crippen molar-refractivity contribution in [3.63, 3.8) is 0 Å². The second-order valence-corrected chi connectivity index (χ2v) is 5.35. The minimum Gasteiger partial charge on any atom is -0.495 e. The van der Waals surface area contributed by atoms with Crippen molar-refractivity contribution in [3.05, 3.63) is 35.5 Å². The van der Waals surface area contributed by atoms with Crippen LogP contribution in [-0.2, 0) is 0 Å². The van der Waals surface area contributed by atoms with Crippen LogP contribution in [0, 0.1) is 5.82 Å². The summed E-state index contributed by atoms with van der Waals surface area (Å²) in [6.07, 6.45) is 0. The van der Waals surface area contributed by atoms with Gasteiger partial charge in [-0.05, 0) is 17.5 Å². The van der Waals surface area contributed by atoms with Crippen LogP contribution in [0.25, 0.3) is 0 Å². The fraction of sp³-hybridized carbons (Fsp3) is 0.0909. The van der Waals surface area contributed by atoms with Gasteiger partial charge in [-0.1, -0.05) is 17.8 Å². The summed E-state index contributed by atoms with van der Waals surface area (Å²) in [5, 5.41) is 1.95. The Hall–Kier alpha value is -1.20. The molecular formula is C11H10FNOS2. The Kier molecular flexibility index (Phi) is 3.36. The van der Waals surface area contributed by atoms with Crippen molar-refractivity contribution < 1.29 is 9.13 Å². The van der Waals surface area contributed by atoms with Crippen LogP contribution in [0.4, 0.5) is 10.1 Å². The van der Waals surface area contributed by atoms with E-state index < -0.39 is 0 Å². The van der Waals surface area contributed by atoms with Gasteiger partial charge in [0, 0.05) is 6.07 Å². The summed E-state index contributed by atoms with van der Waals surface area (Å²) in [4.78, 5) is 0.522. The molecule has 2 nitrogen and oxygen atoms in total. The molecule has 0 atom stereocenters. The molecule has 84 valence electrons. The Morgan fingerprint density at radius 1 is 1.44 bits per heavy atom. The van der Waals surface area contributed by atoms with Gasteiger partial charge in [0.15, 0.2) is 0 Å². The molecule has 0 spiro atoms. The molecule has 0 saturated carbocycles. The zero-order valence-electron chi connectivity index (χ0n) is 8.57. The predicted molar refractivity (Wildman–Crippen MR) is 65.8 cm³/mol. The Morgan fingerprint density at radius 2 is 2.25 bits per heavy atom. The molecule has 5 heteroatoms. The van der Waals surface area contributed by atoms with Crippen molar-refractivity contribution in [1.29, 1.82) is 0 Å². The number of halogens is 1. The van der Waals surface area contributed by atoms with Gasteiger partial charge in [0.1, 0.15) is 11.6 Å². The molecule has 0 aliphatic rings.